The average molecular weight is 115 g/mol. The fourth-order valence-corrected chi connectivity index (χ4v) is 1.07. The summed E-state index contributed by atoms with van der Waals surface area (Å²) < 4.78 is 0. The van der Waals surface area contributed by atoms with Gasteiger partial charge in [0.2, 0.25) is 0 Å². The molecule has 0 aliphatic heterocycles. The summed E-state index contributed by atoms with van der Waals surface area (Å²) in [5.74, 6) is 0. The van der Waals surface area contributed by atoms with E-state index in [0.29, 0.717) is 0 Å². The third-order valence-electron chi connectivity index (χ3n) is 1.55. The van der Waals surface area contributed by atoms with Crippen molar-refractivity contribution in [3.05, 3.63) is 42.5 Å². The van der Waals surface area contributed by atoms with Gasteiger partial charge < -0.3 is 0 Å². The van der Waals surface area contributed by atoms with Crippen LogP contribution < -0.4 is 0 Å². The van der Waals surface area contributed by atoms with Gasteiger partial charge in [-0.15, -0.1) is 17.2 Å². The van der Waals surface area contributed by atoms with Crippen LogP contribution in [0.15, 0.2) is 42.5 Å². The monoisotopic (exact) mass is 115 g/mol. The van der Waals surface area contributed by atoms with Crippen LogP contribution in [0.5, 0.6) is 0 Å². The minimum Gasteiger partial charge on any atom is -0.172 e. The molecule has 0 saturated heterocycles. The van der Waals surface area contributed by atoms with Crippen LogP contribution in [0.1, 0.15) is 0 Å². The van der Waals surface area contributed by atoms with E-state index in [1.807, 2.05) is 0 Å². The molecule has 44 valence electrons. The molecule has 0 heteroatoms. The van der Waals surface area contributed by atoms with E-state index in [2.05, 4.69) is 42.5 Å². The zero-order valence-corrected chi connectivity index (χ0v) is 5.04. The summed E-state index contributed by atoms with van der Waals surface area (Å²) in [6, 6.07) is 14.7. The highest BCUT2D eigenvalue weighted by Gasteiger charge is 1.86. The van der Waals surface area contributed by atoms with Gasteiger partial charge in [-0.3, -0.25) is 0 Å². The van der Waals surface area contributed by atoms with Crippen molar-refractivity contribution in [3.8, 4) is 11.1 Å². The smallest absolute Gasteiger partial charge is 0.0753 e. The van der Waals surface area contributed by atoms with E-state index in [0.717, 1.165) is 0 Å². The first kappa shape index (κ1) is 4.68. The van der Waals surface area contributed by atoms with Gasteiger partial charge in [0.15, 0.2) is 0 Å². The van der Waals surface area contributed by atoms with Gasteiger partial charge in [0, 0.05) is 0 Å². The van der Waals surface area contributed by atoms with Crippen LogP contribution in [0.4, 0.5) is 0 Å². The summed E-state index contributed by atoms with van der Waals surface area (Å²) in [4.78, 5) is 0. The molecule has 0 heterocycles. The van der Waals surface area contributed by atoms with Crippen molar-refractivity contribution in [2.45, 2.75) is 0 Å². The van der Waals surface area contributed by atoms with Crippen LogP contribution in [-0.4, -0.2) is 0 Å². The molecule has 0 amide bonds. The Morgan fingerprint density at radius 3 is 2.78 bits per heavy atom. The van der Waals surface area contributed by atoms with E-state index >= 15 is 0 Å². The van der Waals surface area contributed by atoms with E-state index in [1.165, 1.54) is 11.1 Å². The van der Waals surface area contributed by atoms with Crippen molar-refractivity contribution >= 4 is 0 Å². The SMILES string of the molecule is c1cc2cc[cH-]cc-2c1. The van der Waals surface area contributed by atoms with Crippen molar-refractivity contribution in [2.24, 2.45) is 0 Å². The van der Waals surface area contributed by atoms with Gasteiger partial charge in [0.25, 0.3) is 0 Å². The number of hydrogen-bond acceptors (Lipinski definition) is 0. The molecule has 0 spiro atoms. The molecule has 0 saturated carbocycles. The summed E-state index contributed by atoms with van der Waals surface area (Å²) in [5.41, 5.74) is 2.66. The minimum absolute atomic E-state index is 1.33. The van der Waals surface area contributed by atoms with Crippen LogP contribution in [0, 0.1) is 0 Å². The van der Waals surface area contributed by atoms with E-state index in [-0.39, 0.29) is 0 Å². The molecule has 2 aliphatic carbocycles. The highest BCUT2D eigenvalue weighted by atomic mass is 14.0. The highest BCUT2D eigenvalue weighted by Crippen LogP contribution is 2.20. The largest absolute Gasteiger partial charge is 0.172 e. The molecular weight excluding hydrogens is 108 g/mol. The van der Waals surface area contributed by atoms with Crippen molar-refractivity contribution in [1.82, 2.24) is 0 Å². The third-order valence-corrected chi connectivity index (χ3v) is 1.55. The fraction of sp³-hybridized carbons (Fsp3) is 0. The standard InChI is InChI=1S/C9H7/c1-2-5-9-7-3-6-8(9)4-1/h1-7H/q-1. The lowest BCUT2D eigenvalue weighted by Gasteiger charge is -2.02. The van der Waals surface area contributed by atoms with Crippen LogP contribution >= 0.6 is 0 Å². The van der Waals surface area contributed by atoms with Gasteiger partial charge in [-0.25, -0.2) is 0 Å². The summed E-state index contributed by atoms with van der Waals surface area (Å²) in [5, 5.41) is 0. The molecule has 0 N–H and O–H groups in total. The van der Waals surface area contributed by atoms with Gasteiger partial charge in [0.05, 0.1) is 0 Å². The first-order valence-corrected chi connectivity index (χ1v) is 3.07. The molecule has 0 aromatic heterocycles. The van der Waals surface area contributed by atoms with Gasteiger partial charge in [-0.05, 0) is 0 Å². The lowest BCUT2D eigenvalue weighted by Crippen LogP contribution is -1.67. The zero-order valence-electron chi connectivity index (χ0n) is 5.04. The Balaban J connectivity index is 2.79. The van der Waals surface area contributed by atoms with Crippen LogP contribution in [0.3, 0.4) is 0 Å². The summed E-state index contributed by atoms with van der Waals surface area (Å²) in [6.07, 6.45) is 0. The molecule has 0 bridgehead atoms. The maximum absolute atomic E-state index is 2.12. The Bertz CT molecular complexity index is 240. The van der Waals surface area contributed by atoms with Crippen molar-refractivity contribution < 1.29 is 0 Å². The Morgan fingerprint density at radius 2 is 1.89 bits per heavy atom. The molecule has 0 atom stereocenters. The minimum atomic E-state index is 1.33. The molecule has 0 aromatic rings. The number of fused-ring (bicyclic) bond motifs is 1. The van der Waals surface area contributed by atoms with Gasteiger partial charge >= 0.3 is 0 Å². The predicted octanol–water partition coefficient (Wildman–Crippen LogP) is 2.51. The lowest BCUT2D eigenvalue weighted by molar-refractivity contribution is 1.71. The number of benzene rings is 1. The molecule has 0 unspecified atom stereocenters. The van der Waals surface area contributed by atoms with Crippen molar-refractivity contribution in [2.75, 3.05) is 0 Å². The molecule has 0 radical (unpaired) electrons. The molecule has 2 aliphatic rings. The maximum Gasteiger partial charge on any atom is -0.0753 e. The molecule has 9 heavy (non-hydrogen) atoms. The topological polar surface area (TPSA) is 0 Å². The quantitative estimate of drug-likeness (QED) is 0.463. The van der Waals surface area contributed by atoms with Crippen LogP contribution in [0.2, 0.25) is 0 Å². The Labute approximate surface area is 54.5 Å². The van der Waals surface area contributed by atoms with Crippen molar-refractivity contribution in [3.63, 3.8) is 0 Å². The molecule has 2 rings (SSSR count). The van der Waals surface area contributed by atoms with E-state index < -0.39 is 0 Å². The summed E-state index contributed by atoms with van der Waals surface area (Å²) >= 11 is 0. The second-order valence-electron chi connectivity index (χ2n) is 2.15. The Morgan fingerprint density at radius 1 is 1.00 bits per heavy atom. The average Bonchev–Trinajstić information content (AvgIpc) is 2.33. The molecule has 0 fully saturated rings. The second kappa shape index (κ2) is 1.66. The number of rotatable bonds is 0. The first-order chi connectivity index (χ1) is 4.47. The summed E-state index contributed by atoms with van der Waals surface area (Å²) in [7, 11) is 0. The summed E-state index contributed by atoms with van der Waals surface area (Å²) in [6.45, 7) is 0. The highest BCUT2D eigenvalue weighted by molar-refractivity contribution is 5.65. The lowest BCUT2D eigenvalue weighted by atomic mass is 10.1. The second-order valence-corrected chi connectivity index (χ2v) is 2.15. The van der Waals surface area contributed by atoms with Gasteiger partial charge in [-0.2, -0.15) is 24.3 Å². The van der Waals surface area contributed by atoms with Crippen LogP contribution in [0.25, 0.3) is 11.1 Å². The van der Waals surface area contributed by atoms with Gasteiger partial charge in [-0.1, -0.05) is 12.1 Å². The van der Waals surface area contributed by atoms with Crippen LogP contribution in [-0.2, 0) is 0 Å². The molecule has 0 nitrogen and oxygen atoms in total. The molecule has 0 aromatic carbocycles. The fourth-order valence-electron chi connectivity index (χ4n) is 1.07. The zero-order chi connectivity index (χ0) is 6.10. The molecular formula is C9H7-. The van der Waals surface area contributed by atoms with Crippen molar-refractivity contribution in [1.29, 1.82) is 0 Å². The van der Waals surface area contributed by atoms with E-state index in [9.17, 15) is 0 Å². The van der Waals surface area contributed by atoms with E-state index in [1.54, 1.807) is 0 Å². The predicted molar refractivity (Wildman–Crippen MR) is 38.7 cm³/mol. The Hall–Kier alpha value is -1.17. The third kappa shape index (κ3) is 0.636. The van der Waals surface area contributed by atoms with E-state index in [4.69, 9.17) is 0 Å². The Kier molecular flexibility index (Phi) is 0.863. The normalized spacial score (nSPS) is 10.2. The first-order valence-electron chi connectivity index (χ1n) is 3.07. The van der Waals surface area contributed by atoms with Gasteiger partial charge in [0.1, 0.15) is 0 Å². The number of hydrogen-bond donors (Lipinski definition) is 0. The maximum atomic E-state index is 2.12.